The zero-order valence-electron chi connectivity index (χ0n) is 20.5. The van der Waals surface area contributed by atoms with Crippen molar-refractivity contribution in [3.8, 4) is 0 Å². The van der Waals surface area contributed by atoms with Crippen molar-refractivity contribution in [1.29, 1.82) is 0 Å². The first-order valence-corrected chi connectivity index (χ1v) is 12.7. The van der Waals surface area contributed by atoms with Crippen LogP contribution in [0, 0.1) is 12.8 Å². The Labute approximate surface area is 211 Å². The molecule has 5 heterocycles. The van der Waals surface area contributed by atoms with E-state index in [0.29, 0.717) is 60.0 Å². The number of imidazole rings is 1. The Morgan fingerprint density at radius 2 is 2.08 bits per heavy atom. The second-order valence-corrected chi connectivity index (χ2v) is 10.1. The number of nitrogens with one attached hydrogen (secondary N) is 1. The molecule has 0 radical (unpaired) electrons. The zero-order chi connectivity index (χ0) is 25.3. The van der Waals surface area contributed by atoms with E-state index in [1.54, 1.807) is 32.3 Å². The highest BCUT2D eigenvalue weighted by atomic mass is 16.3. The molecule has 4 aromatic rings. The lowest BCUT2D eigenvalue weighted by molar-refractivity contribution is 0.0939. The molecule has 0 spiro atoms. The van der Waals surface area contributed by atoms with Gasteiger partial charge in [0, 0.05) is 12.6 Å². The van der Waals surface area contributed by atoms with E-state index in [0.717, 1.165) is 31.4 Å². The molecule has 0 saturated heterocycles. The monoisotopic (exact) mass is 504 g/mol. The normalized spacial score (nSPS) is 17.4. The summed E-state index contributed by atoms with van der Waals surface area (Å²) in [6.45, 7) is 3.29. The van der Waals surface area contributed by atoms with Crippen LogP contribution in [0.2, 0.25) is 0 Å². The summed E-state index contributed by atoms with van der Waals surface area (Å²) < 4.78 is 12.5. The molecule has 0 atom stereocenters. The fourth-order valence-corrected chi connectivity index (χ4v) is 4.89. The van der Waals surface area contributed by atoms with E-state index in [2.05, 4.69) is 15.4 Å². The van der Waals surface area contributed by atoms with Crippen LogP contribution < -0.4 is 21.9 Å². The average molecular weight is 505 g/mol. The minimum atomic E-state index is -0.169. The summed E-state index contributed by atoms with van der Waals surface area (Å²) in [6.07, 6.45) is 5.78. The molecule has 13 nitrogen and oxygen atoms in total. The molecule has 3 N–H and O–H groups in total. The highest BCUT2D eigenvalue weighted by Gasteiger charge is 2.33. The van der Waals surface area contributed by atoms with Crippen LogP contribution in [0.15, 0.2) is 38.7 Å². The van der Waals surface area contributed by atoms with Gasteiger partial charge in [0.2, 0.25) is 5.78 Å². The summed E-state index contributed by atoms with van der Waals surface area (Å²) in [4.78, 5) is 35.9. The first-order valence-electron chi connectivity index (χ1n) is 12.7. The van der Waals surface area contributed by atoms with Crippen molar-refractivity contribution in [2.24, 2.45) is 16.8 Å². The maximum atomic E-state index is 13.7. The number of hydrazine groups is 1. The molecular formula is C24H28N10O3. The number of rotatable bonds is 8. The average Bonchev–Trinajstić information content (AvgIpc) is 3.69. The minimum absolute atomic E-state index is 0.138. The van der Waals surface area contributed by atoms with Crippen molar-refractivity contribution >= 4 is 23.2 Å². The second kappa shape index (κ2) is 8.20. The summed E-state index contributed by atoms with van der Waals surface area (Å²) in [5, 5.41) is 9.01. The van der Waals surface area contributed by atoms with Crippen molar-refractivity contribution in [2.45, 2.75) is 58.3 Å². The smallest absolute Gasteiger partial charge is 0.346 e. The third-order valence-electron chi connectivity index (χ3n) is 7.10. The minimum Gasteiger partial charge on any atom is -0.463 e. The van der Waals surface area contributed by atoms with Crippen molar-refractivity contribution < 1.29 is 9.21 Å². The molecule has 13 heteroatoms. The van der Waals surface area contributed by atoms with Gasteiger partial charge < -0.3 is 9.73 Å². The molecule has 2 fully saturated rings. The molecule has 192 valence electrons. The maximum absolute atomic E-state index is 13.7. The standard InChI is InChI=1S/C24H28N10O3/c1-14-11-17(22(35)27-16-6-7-16)32(29-14)9-8-30-23-28-21-20(34(23)33(24(30)36)12-15-4-5-15)19(26-13-31(21)25)18-3-2-10-37-18/h2-3,10-11,15-16H,4-9,12-13,25H2,1H3,(H,27,35). The van der Waals surface area contributed by atoms with E-state index in [-0.39, 0.29) is 24.3 Å². The van der Waals surface area contributed by atoms with E-state index in [9.17, 15) is 9.59 Å². The van der Waals surface area contributed by atoms with E-state index < -0.39 is 0 Å². The first kappa shape index (κ1) is 22.1. The molecule has 2 saturated carbocycles. The highest BCUT2D eigenvalue weighted by molar-refractivity contribution is 6.14. The van der Waals surface area contributed by atoms with E-state index in [4.69, 9.17) is 15.2 Å². The van der Waals surface area contributed by atoms with Crippen LogP contribution in [-0.4, -0.2) is 52.9 Å². The lowest BCUT2D eigenvalue weighted by atomic mass is 10.2. The molecule has 0 unspecified atom stereocenters. The summed E-state index contributed by atoms with van der Waals surface area (Å²) in [6, 6.07) is 5.66. The van der Waals surface area contributed by atoms with E-state index >= 15 is 0 Å². The Hall–Kier alpha value is -4.13. The summed E-state index contributed by atoms with van der Waals surface area (Å²) in [5.41, 5.74) is 2.32. The Morgan fingerprint density at radius 3 is 2.81 bits per heavy atom. The van der Waals surface area contributed by atoms with Crippen LogP contribution in [0.5, 0.6) is 0 Å². The van der Waals surface area contributed by atoms with Gasteiger partial charge >= 0.3 is 5.69 Å². The van der Waals surface area contributed by atoms with Gasteiger partial charge in [-0.25, -0.2) is 19.8 Å². The number of nitrogens with two attached hydrogens (primary N) is 1. The molecule has 0 bridgehead atoms. The van der Waals surface area contributed by atoms with Gasteiger partial charge in [0.1, 0.15) is 23.8 Å². The van der Waals surface area contributed by atoms with Crippen LogP contribution >= 0.6 is 0 Å². The number of carbonyl (C=O) groups is 1. The topological polar surface area (TPSA) is 146 Å². The predicted molar refractivity (Wildman–Crippen MR) is 133 cm³/mol. The van der Waals surface area contributed by atoms with Gasteiger partial charge in [0.05, 0.1) is 25.0 Å². The number of hydrogen-bond donors (Lipinski definition) is 2. The quantitative estimate of drug-likeness (QED) is 0.339. The second-order valence-electron chi connectivity index (χ2n) is 10.1. The number of aliphatic imine (C=N–C) groups is 1. The Morgan fingerprint density at radius 1 is 1.24 bits per heavy atom. The van der Waals surface area contributed by atoms with E-state index in [1.165, 1.54) is 5.01 Å². The number of aromatic nitrogens is 6. The molecular weight excluding hydrogens is 476 g/mol. The molecule has 1 amide bonds. The third-order valence-corrected chi connectivity index (χ3v) is 7.10. The maximum Gasteiger partial charge on any atom is 0.346 e. The van der Waals surface area contributed by atoms with Gasteiger partial charge in [-0.15, -0.1) is 0 Å². The first-order chi connectivity index (χ1) is 18.0. The largest absolute Gasteiger partial charge is 0.463 e. The van der Waals surface area contributed by atoms with Crippen LogP contribution in [0.4, 0.5) is 5.82 Å². The number of fused-ring (bicyclic) bond motifs is 3. The van der Waals surface area contributed by atoms with Crippen LogP contribution in [0.25, 0.3) is 5.78 Å². The predicted octanol–water partition coefficient (Wildman–Crippen LogP) is 0.886. The fraction of sp³-hybridized carbons (Fsp3) is 0.458. The van der Waals surface area contributed by atoms with Gasteiger partial charge in [-0.2, -0.15) is 10.1 Å². The number of carbonyl (C=O) groups excluding carboxylic acids is 1. The molecule has 0 aromatic carbocycles. The summed E-state index contributed by atoms with van der Waals surface area (Å²) in [5.74, 6) is 8.18. The van der Waals surface area contributed by atoms with E-state index in [1.807, 2.05) is 17.5 Å². The Balaban J connectivity index is 1.30. The van der Waals surface area contributed by atoms with Crippen molar-refractivity contribution in [3.05, 3.63) is 57.8 Å². The van der Waals surface area contributed by atoms with Gasteiger partial charge in [-0.05, 0) is 56.7 Å². The van der Waals surface area contributed by atoms with Gasteiger partial charge in [0.15, 0.2) is 11.6 Å². The number of hydrogen-bond acceptors (Lipinski definition) is 8. The van der Waals surface area contributed by atoms with Crippen molar-refractivity contribution in [1.82, 2.24) is 33.8 Å². The molecule has 3 aliphatic rings. The lowest BCUT2D eigenvalue weighted by Crippen LogP contribution is -2.37. The number of amides is 1. The third kappa shape index (κ3) is 3.77. The number of aryl methyl sites for hydroxylation is 3. The van der Waals surface area contributed by atoms with Crippen LogP contribution in [-0.2, 0) is 19.6 Å². The number of nitrogens with zero attached hydrogens (tertiary/aromatic N) is 8. The van der Waals surface area contributed by atoms with Crippen molar-refractivity contribution in [2.75, 3.05) is 11.7 Å². The Bertz CT molecular complexity index is 1590. The molecule has 1 aliphatic heterocycles. The molecule has 37 heavy (non-hydrogen) atoms. The van der Waals surface area contributed by atoms with Gasteiger partial charge in [-0.1, -0.05) is 0 Å². The van der Waals surface area contributed by atoms with Gasteiger partial charge in [-0.3, -0.25) is 24.0 Å². The fourth-order valence-electron chi connectivity index (χ4n) is 4.89. The van der Waals surface area contributed by atoms with Gasteiger partial charge in [0.25, 0.3) is 5.91 Å². The van der Waals surface area contributed by atoms with Crippen LogP contribution in [0.3, 0.4) is 0 Å². The Kier molecular flexibility index (Phi) is 4.90. The summed E-state index contributed by atoms with van der Waals surface area (Å²) >= 11 is 0. The highest BCUT2D eigenvalue weighted by Crippen LogP contribution is 2.32. The SMILES string of the molecule is Cc1cc(C(=O)NC2CC2)n(CCn2c(=O)n(CC3CC3)n3c4c(nc23)N(N)CN=C4c2ccco2)n1. The molecule has 4 aromatic heterocycles. The lowest BCUT2D eigenvalue weighted by Gasteiger charge is -2.21. The molecule has 7 rings (SSSR count). The number of anilines is 1. The van der Waals surface area contributed by atoms with Crippen molar-refractivity contribution in [3.63, 3.8) is 0 Å². The number of furan rings is 1. The zero-order valence-corrected chi connectivity index (χ0v) is 20.5. The molecule has 2 aliphatic carbocycles. The summed E-state index contributed by atoms with van der Waals surface area (Å²) in [7, 11) is 0. The van der Waals surface area contributed by atoms with Crippen LogP contribution in [0.1, 0.15) is 53.3 Å².